The van der Waals surface area contributed by atoms with Crippen molar-refractivity contribution in [1.29, 1.82) is 0 Å². The van der Waals surface area contributed by atoms with E-state index in [1.807, 2.05) is 37.3 Å². The Morgan fingerprint density at radius 1 is 1.12 bits per heavy atom. The lowest BCUT2D eigenvalue weighted by Gasteiger charge is -2.47. The summed E-state index contributed by atoms with van der Waals surface area (Å²) in [5.74, 6) is -5.06. The molecule has 0 saturated carbocycles. The molecule has 0 spiro atoms. The Hall–Kier alpha value is -4.72. The molecule has 2 N–H and O–H groups in total. The number of hydroxylamine groups is 3. The van der Waals surface area contributed by atoms with Gasteiger partial charge < -0.3 is 14.5 Å². The van der Waals surface area contributed by atoms with Gasteiger partial charge in [-0.3, -0.25) is 24.6 Å². The topological polar surface area (TPSA) is 138 Å². The van der Waals surface area contributed by atoms with Crippen LogP contribution in [0.3, 0.4) is 0 Å². The number of aromatic nitrogens is 1. The molecule has 228 valence electrons. The van der Waals surface area contributed by atoms with E-state index in [0.717, 1.165) is 22.2 Å². The molecule has 3 amide bonds. The number of hydrogen-bond donors (Lipinski definition) is 2. The second-order valence-electron chi connectivity index (χ2n) is 10.2. The van der Waals surface area contributed by atoms with Crippen molar-refractivity contribution >= 4 is 34.6 Å². The van der Waals surface area contributed by atoms with Crippen LogP contribution in [0.4, 0.5) is 13.2 Å². The number of fused-ring (bicyclic) bond motifs is 1. The summed E-state index contributed by atoms with van der Waals surface area (Å²) in [4.78, 5) is 60.4. The highest BCUT2D eigenvalue weighted by molar-refractivity contribution is 5.95. The van der Waals surface area contributed by atoms with Crippen molar-refractivity contribution in [3.8, 4) is 5.75 Å². The van der Waals surface area contributed by atoms with Gasteiger partial charge >= 0.3 is 12.1 Å². The number of hydrogen-bond acceptors (Lipinski definition) is 8. The molecular weight excluding hydrogens is 573 g/mol. The lowest BCUT2D eigenvalue weighted by Crippen LogP contribution is -2.63. The zero-order valence-electron chi connectivity index (χ0n) is 23.3. The number of nitrogens with zero attached hydrogens (tertiary/aromatic N) is 3. The van der Waals surface area contributed by atoms with Crippen molar-refractivity contribution in [2.75, 3.05) is 13.1 Å². The predicted molar refractivity (Wildman–Crippen MR) is 144 cm³/mol. The number of halogens is 3. The zero-order chi connectivity index (χ0) is 31.4. The molecule has 1 fully saturated rings. The van der Waals surface area contributed by atoms with Gasteiger partial charge in [0.15, 0.2) is 0 Å². The van der Waals surface area contributed by atoms with Gasteiger partial charge in [-0.25, -0.2) is 10.3 Å². The largest absolute Gasteiger partial charge is 0.493 e. The van der Waals surface area contributed by atoms with Crippen LogP contribution in [0.15, 0.2) is 54.6 Å². The number of aryl methyl sites for hydroxylation is 1. The third kappa shape index (κ3) is 7.20. The minimum Gasteiger partial charge on any atom is -0.489 e. The predicted octanol–water partition coefficient (Wildman–Crippen LogP) is 3.86. The summed E-state index contributed by atoms with van der Waals surface area (Å²) in [6.07, 6.45) is -6.17. The second-order valence-corrected chi connectivity index (χ2v) is 10.2. The van der Waals surface area contributed by atoms with Crippen LogP contribution in [0, 0.1) is 6.92 Å². The van der Waals surface area contributed by atoms with Crippen LogP contribution < -0.4 is 10.2 Å². The maximum absolute atomic E-state index is 13.7. The van der Waals surface area contributed by atoms with Crippen LogP contribution in [0.2, 0.25) is 0 Å². The molecular formula is C29H29F3N4O7. The molecule has 0 bridgehead atoms. The summed E-state index contributed by atoms with van der Waals surface area (Å²) in [6, 6.07) is 14.8. The van der Waals surface area contributed by atoms with E-state index in [4.69, 9.17) is 9.94 Å². The molecule has 1 unspecified atom stereocenters. The number of nitrogens with one attached hydrogen (secondary N) is 1. The van der Waals surface area contributed by atoms with Gasteiger partial charge in [0.25, 0.3) is 5.91 Å². The Bertz CT molecular complexity index is 1530. The van der Waals surface area contributed by atoms with Crippen molar-refractivity contribution in [1.82, 2.24) is 20.4 Å². The number of carbonyl (C=O) groups is 4. The number of pyridine rings is 1. The van der Waals surface area contributed by atoms with Crippen LogP contribution in [0.25, 0.3) is 10.9 Å². The minimum absolute atomic E-state index is 0.110. The Morgan fingerprint density at radius 2 is 1.81 bits per heavy atom. The summed E-state index contributed by atoms with van der Waals surface area (Å²) < 4.78 is 45.7. The van der Waals surface area contributed by atoms with Crippen molar-refractivity contribution in [3.05, 3.63) is 71.4 Å². The fourth-order valence-corrected chi connectivity index (χ4v) is 5.08. The first kappa shape index (κ1) is 31.2. The highest BCUT2D eigenvalue weighted by Gasteiger charge is 2.51. The van der Waals surface area contributed by atoms with E-state index in [2.05, 4.69) is 9.82 Å². The molecule has 3 aromatic rings. The molecule has 11 nitrogen and oxygen atoms in total. The van der Waals surface area contributed by atoms with E-state index in [0.29, 0.717) is 5.75 Å². The maximum atomic E-state index is 13.7. The van der Waals surface area contributed by atoms with Gasteiger partial charge in [0, 0.05) is 42.2 Å². The summed E-state index contributed by atoms with van der Waals surface area (Å²) >= 11 is 0. The Balaban J connectivity index is 1.63. The first-order chi connectivity index (χ1) is 20.3. The molecule has 2 aromatic carbocycles. The van der Waals surface area contributed by atoms with Gasteiger partial charge in [-0.05, 0) is 56.2 Å². The smallest absolute Gasteiger partial charge is 0.489 e. The molecule has 43 heavy (non-hydrogen) atoms. The lowest BCUT2D eigenvalue weighted by molar-refractivity contribution is -0.248. The third-order valence-electron chi connectivity index (χ3n) is 7.06. The van der Waals surface area contributed by atoms with Crippen LogP contribution in [-0.4, -0.2) is 68.6 Å². The summed E-state index contributed by atoms with van der Waals surface area (Å²) in [5, 5.41) is 10.2. The minimum atomic E-state index is -5.47. The molecule has 1 saturated heterocycles. The molecule has 0 aliphatic carbocycles. The van der Waals surface area contributed by atoms with E-state index >= 15 is 0 Å². The summed E-state index contributed by atoms with van der Waals surface area (Å²) in [6.45, 7) is 3.00. The number of rotatable bonds is 7. The number of amides is 3. The van der Waals surface area contributed by atoms with Crippen LogP contribution >= 0.6 is 0 Å². The average molecular weight is 603 g/mol. The maximum Gasteiger partial charge on any atom is 0.493 e. The van der Waals surface area contributed by atoms with E-state index in [1.54, 1.807) is 0 Å². The molecule has 0 radical (unpaired) electrons. The van der Waals surface area contributed by atoms with E-state index in [-0.39, 0.29) is 36.6 Å². The Labute approximate surface area is 244 Å². The van der Waals surface area contributed by atoms with Gasteiger partial charge in [0.05, 0.1) is 11.9 Å². The van der Waals surface area contributed by atoms with Crippen molar-refractivity contribution in [2.45, 2.75) is 51.4 Å². The van der Waals surface area contributed by atoms with E-state index in [9.17, 15) is 32.3 Å². The van der Waals surface area contributed by atoms with E-state index in [1.165, 1.54) is 41.6 Å². The normalized spacial score (nSPS) is 16.8. The number of likely N-dealkylation sites (tertiary alicyclic amines) is 1. The van der Waals surface area contributed by atoms with Gasteiger partial charge in [0.2, 0.25) is 11.8 Å². The number of piperidine rings is 1. The molecule has 4 rings (SSSR count). The molecule has 1 aliphatic rings. The lowest BCUT2D eigenvalue weighted by atomic mass is 9.84. The Kier molecular flexibility index (Phi) is 9.19. The highest BCUT2D eigenvalue weighted by Crippen LogP contribution is 2.35. The monoisotopic (exact) mass is 602 g/mol. The number of benzene rings is 2. The second kappa shape index (κ2) is 12.7. The molecule has 14 heteroatoms. The SMILES string of the molecule is CC(=O)N1CCCC(CC(=O)NO)(N(OC(=O)C(F)(F)F)C(=O)c2ccc(OCc3cc(C)nc4ccccc34)cc2)C1. The molecule has 1 aliphatic heterocycles. The van der Waals surface area contributed by atoms with Gasteiger partial charge in [-0.2, -0.15) is 18.2 Å². The van der Waals surface area contributed by atoms with E-state index < -0.39 is 48.4 Å². The van der Waals surface area contributed by atoms with Gasteiger partial charge in [-0.15, -0.1) is 0 Å². The number of para-hydroxylation sites is 1. The summed E-state index contributed by atoms with van der Waals surface area (Å²) in [7, 11) is 0. The molecule has 1 aromatic heterocycles. The van der Waals surface area contributed by atoms with Crippen molar-refractivity contribution in [2.24, 2.45) is 0 Å². The first-order valence-corrected chi connectivity index (χ1v) is 13.2. The Morgan fingerprint density at radius 3 is 2.47 bits per heavy atom. The molecule has 1 atom stereocenters. The number of carbonyl (C=O) groups excluding carboxylic acids is 4. The first-order valence-electron chi connectivity index (χ1n) is 13.2. The van der Waals surface area contributed by atoms with Crippen LogP contribution in [0.1, 0.15) is 47.8 Å². The third-order valence-corrected chi connectivity index (χ3v) is 7.06. The quantitative estimate of drug-likeness (QED) is 0.307. The van der Waals surface area contributed by atoms with Gasteiger partial charge in [0.1, 0.15) is 17.9 Å². The number of alkyl halides is 3. The standard InChI is InChI=1S/C29H29F3N4O7/c1-18-14-21(23-6-3-4-7-24(23)33-18)16-42-22-10-8-20(9-11-22)26(39)36(43-27(40)29(30,31)32)28(15-25(38)34-41)12-5-13-35(17-28)19(2)37/h3-4,6-11,14,41H,5,12-13,15-17H2,1-2H3,(H,34,38). The molecule has 2 heterocycles. The van der Waals surface area contributed by atoms with Crippen LogP contribution in [-0.2, 0) is 25.8 Å². The highest BCUT2D eigenvalue weighted by atomic mass is 19.4. The average Bonchev–Trinajstić information content (AvgIpc) is 2.97. The van der Waals surface area contributed by atoms with Crippen LogP contribution in [0.5, 0.6) is 5.75 Å². The van der Waals surface area contributed by atoms with Crippen molar-refractivity contribution < 1.29 is 47.1 Å². The zero-order valence-corrected chi connectivity index (χ0v) is 23.3. The summed E-state index contributed by atoms with van der Waals surface area (Å²) in [5.41, 5.74) is 1.74. The fourth-order valence-electron chi connectivity index (χ4n) is 5.08. The van der Waals surface area contributed by atoms with Gasteiger partial charge in [-0.1, -0.05) is 18.2 Å². The fraction of sp³-hybridized carbons (Fsp3) is 0.345. The van der Waals surface area contributed by atoms with Crippen molar-refractivity contribution in [3.63, 3.8) is 0 Å². The number of ether oxygens (including phenoxy) is 1.